The number of nitrogens with one attached hydrogen (secondary N) is 2. The molecule has 3 aliphatic rings. The van der Waals surface area contributed by atoms with Crippen LogP contribution in [-0.4, -0.2) is 82.0 Å². The van der Waals surface area contributed by atoms with Crippen LogP contribution in [0.15, 0.2) is 47.3 Å². The van der Waals surface area contributed by atoms with Gasteiger partial charge in [0.1, 0.15) is 6.04 Å². The van der Waals surface area contributed by atoms with E-state index in [9.17, 15) is 14.4 Å². The Balaban J connectivity index is 1.22. The number of fused-ring (bicyclic) bond motifs is 4. The zero-order chi connectivity index (χ0) is 33.9. The number of ether oxygens (including phenoxy) is 5. The fraction of sp³-hybridized carbons (Fsp3) is 0.417. The molecule has 1 fully saturated rings. The average molecular weight is 659 g/mol. The van der Waals surface area contributed by atoms with Crippen LogP contribution in [0.2, 0.25) is 0 Å². The molecule has 0 aromatic heterocycles. The molecule has 2 atom stereocenters. The molecule has 1 saturated heterocycles. The normalized spacial score (nSPS) is 17.4. The van der Waals surface area contributed by atoms with Gasteiger partial charge in [0.05, 0.1) is 33.1 Å². The maximum absolute atomic E-state index is 13.7. The van der Waals surface area contributed by atoms with E-state index in [1.807, 2.05) is 35.2 Å². The van der Waals surface area contributed by atoms with Gasteiger partial charge in [-0.25, -0.2) is 0 Å². The lowest BCUT2D eigenvalue weighted by Gasteiger charge is -2.36. The van der Waals surface area contributed by atoms with Gasteiger partial charge in [-0.2, -0.15) is 0 Å². The SMILES string of the molecule is COc1cc2c(c(OC)c1OC)-c1ccc(N[C@@H](C)C(=O)N3CCN(Cc4ccc5c(c4)OCO5)CC3)c(=O)cc1[C@@H](NC(C)=O)CC2. The van der Waals surface area contributed by atoms with Gasteiger partial charge in [-0.1, -0.05) is 12.1 Å². The number of piperazine rings is 1. The minimum Gasteiger partial charge on any atom is -0.493 e. The summed E-state index contributed by atoms with van der Waals surface area (Å²) in [5.41, 5.74) is 4.21. The molecular weight excluding hydrogens is 616 g/mol. The first-order chi connectivity index (χ1) is 23.2. The number of aryl methyl sites for hydroxylation is 1. The number of hydrogen-bond donors (Lipinski definition) is 2. The molecule has 2 heterocycles. The molecule has 2 N–H and O–H groups in total. The van der Waals surface area contributed by atoms with E-state index in [1.165, 1.54) is 6.92 Å². The van der Waals surface area contributed by atoms with Crippen molar-refractivity contribution in [3.8, 4) is 39.9 Å². The molecular formula is C36H42N4O8. The third-order valence-corrected chi connectivity index (χ3v) is 9.19. The van der Waals surface area contributed by atoms with Crippen molar-refractivity contribution in [2.24, 2.45) is 0 Å². The zero-order valence-electron chi connectivity index (χ0n) is 28.0. The van der Waals surface area contributed by atoms with Gasteiger partial charge in [-0.15, -0.1) is 0 Å². The van der Waals surface area contributed by atoms with Crippen LogP contribution in [0.5, 0.6) is 28.7 Å². The van der Waals surface area contributed by atoms with E-state index in [1.54, 1.807) is 40.4 Å². The smallest absolute Gasteiger partial charge is 0.244 e. The monoisotopic (exact) mass is 658 g/mol. The summed E-state index contributed by atoms with van der Waals surface area (Å²) >= 11 is 0. The summed E-state index contributed by atoms with van der Waals surface area (Å²) in [6, 6.07) is 11.9. The van der Waals surface area contributed by atoms with Crippen molar-refractivity contribution in [1.29, 1.82) is 0 Å². The minimum absolute atomic E-state index is 0.0785. The van der Waals surface area contributed by atoms with Crippen LogP contribution in [-0.2, 0) is 22.6 Å². The fourth-order valence-electron chi connectivity index (χ4n) is 6.82. The second-order valence-corrected chi connectivity index (χ2v) is 12.3. The first kappa shape index (κ1) is 33.0. The summed E-state index contributed by atoms with van der Waals surface area (Å²) in [4.78, 5) is 43.7. The highest BCUT2D eigenvalue weighted by Crippen LogP contribution is 2.50. The van der Waals surface area contributed by atoms with E-state index in [-0.39, 0.29) is 29.7 Å². The Morgan fingerprint density at radius 1 is 0.938 bits per heavy atom. The second kappa shape index (κ2) is 14.0. The molecule has 0 spiro atoms. The van der Waals surface area contributed by atoms with Crippen LogP contribution in [0, 0.1) is 0 Å². The van der Waals surface area contributed by atoms with Crippen LogP contribution in [0.3, 0.4) is 0 Å². The van der Waals surface area contributed by atoms with Crippen LogP contribution >= 0.6 is 0 Å². The van der Waals surface area contributed by atoms with E-state index < -0.39 is 12.1 Å². The molecule has 48 heavy (non-hydrogen) atoms. The number of carbonyl (C=O) groups excluding carboxylic acids is 2. The molecule has 6 rings (SSSR count). The summed E-state index contributed by atoms with van der Waals surface area (Å²) < 4.78 is 28.1. The summed E-state index contributed by atoms with van der Waals surface area (Å²) in [6.45, 7) is 6.85. The van der Waals surface area contributed by atoms with Crippen molar-refractivity contribution < 1.29 is 33.3 Å². The first-order valence-electron chi connectivity index (χ1n) is 16.1. The van der Waals surface area contributed by atoms with Crippen LogP contribution in [0.4, 0.5) is 5.69 Å². The molecule has 0 unspecified atom stereocenters. The lowest BCUT2D eigenvalue weighted by Crippen LogP contribution is -2.52. The summed E-state index contributed by atoms with van der Waals surface area (Å²) in [7, 11) is 4.68. The predicted octanol–water partition coefficient (Wildman–Crippen LogP) is 3.74. The fourth-order valence-corrected chi connectivity index (χ4v) is 6.82. The predicted molar refractivity (Wildman–Crippen MR) is 180 cm³/mol. The highest BCUT2D eigenvalue weighted by atomic mass is 16.7. The van der Waals surface area contributed by atoms with Crippen molar-refractivity contribution in [2.75, 3.05) is 59.6 Å². The van der Waals surface area contributed by atoms with E-state index in [0.29, 0.717) is 48.7 Å². The Labute approximate surface area is 279 Å². The van der Waals surface area contributed by atoms with Crippen molar-refractivity contribution in [3.05, 3.63) is 69.4 Å². The average Bonchev–Trinajstić information content (AvgIpc) is 3.44. The summed E-state index contributed by atoms with van der Waals surface area (Å²) in [5, 5.41) is 6.21. The number of methoxy groups -OCH3 is 3. The Morgan fingerprint density at radius 3 is 2.40 bits per heavy atom. The molecule has 0 bridgehead atoms. The van der Waals surface area contributed by atoms with E-state index in [0.717, 1.165) is 53.4 Å². The third kappa shape index (κ3) is 6.57. The first-order valence-corrected chi connectivity index (χ1v) is 16.1. The standard InChI is InChI=1S/C36H42N4O8/c1-21(36(43)40-14-12-39(13-15-40)19-23-6-11-30-31(16-23)48-20-47-30)37-28-10-8-25-26(18-29(28)42)27(38-22(2)41)9-7-24-17-32(44-3)34(45-4)35(46-5)33(24)25/h6,8,10-11,16-18,21,27H,7,9,12-15,19-20H2,1-5H3,(H,37,42)(H,38,41)/t21-,27-/m0/s1. The Kier molecular flexibility index (Phi) is 9.63. The molecule has 3 aromatic carbocycles. The van der Waals surface area contributed by atoms with Crippen molar-refractivity contribution in [1.82, 2.24) is 15.1 Å². The minimum atomic E-state index is -0.641. The maximum Gasteiger partial charge on any atom is 0.244 e. The molecule has 0 radical (unpaired) electrons. The van der Waals surface area contributed by atoms with Gasteiger partial charge in [0.25, 0.3) is 0 Å². The number of benzene rings is 2. The Morgan fingerprint density at radius 2 is 1.69 bits per heavy atom. The molecule has 3 aromatic rings. The van der Waals surface area contributed by atoms with Gasteiger partial charge in [0, 0.05) is 45.2 Å². The Bertz CT molecular complexity index is 1770. The zero-order valence-corrected chi connectivity index (χ0v) is 28.0. The molecule has 2 amide bonds. The maximum atomic E-state index is 13.7. The number of anilines is 1. The summed E-state index contributed by atoms with van der Waals surface area (Å²) in [5.74, 6) is 2.69. The topological polar surface area (TPSA) is 128 Å². The van der Waals surface area contributed by atoms with Crippen LogP contribution in [0.25, 0.3) is 11.1 Å². The van der Waals surface area contributed by atoms with Gasteiger partial charge < -0.3 is 39.2 Å². The third-order valence-electron chi connectivity index (χ3n) is 9.19. The van der Waals surface area contributed by atoms with Crippen molar-refractivity contribution >= 4 is 17.5 Å². The lowest BCUT2D eigenvalue weighted by molar-refractivity contribution is -0.133. The van der Waals surface area contributed by atoms with Crippen molar-refractivity contribution in [2.45, 2.75) is 45.3 Å². The highest BCUT2D eigenvalue weighted by molar-refractivity contribution is 5.86. The summed E-state index contributed by atoms with van der Waals surface area (Å²) in [6.07, 6.45) is 1.16. The molecule has 2 aliphatic heterocycles. The van der Waals surface area contributed by atoms with Gasteiger partial charge in [0.2, 0.25) is 29.8 Å². The number of rotatable bonds is 9. The molecule has 0 saturated carbocycles. The lowest BCUT2D eigenvalue weighted by atomic mass is 9.95. The number of amides is 2. The van der Waals surface area contributed by atoms with Crippen LogP contribution in [0.1, 0.15) is 43.0 Å². The second-order valence-electron chi connectivity index (χ2n) is 12.3. The molecule has 1 aliphatic carbocycles. The van der Waals surface area contributed by atoms with Gasteiger partial charge in [-0.3, -0.25) is 19.3 Å². The molecule has 254 valence electrons. The largest absolute Gasteiger partial charge is 0.493 e. The van der Waals surface area contributed by atoms with E-state index in [2.05, 4.69) is 15.5 Å². The quantitative estimate of drug-likeness (QED) is 0.351. The van der Waals surface area contributed by atoms with Gasteiger partial charge in [0.15, 0.2) is 23.0 Å². The highest BCUT2D eigenvalue weighted by Gasteiger charge is 2.30. The van der Waals surface area contributed by atoms with Gasteiger partial charge >= 0.3 is 0 Å². The van der Waals surface area contributed by atoms with Gasteiger partial charge in [-0.05, 0) is 72.4 Å². The Hall–Kier alpha value is -4.97. The number of nitrogens with zero attached hydrogens (tertiary/aromatic N) is 2. The number of hydrogen-bond acceptors (Lipinski definition) is 10. The van der Waals surface area contributed by atoms with Crippen LogP contribution < -0.4 is 39.7 Å². The van der Waals surface area contributed by atoms with E-state index >= 15 is 0 Å². The number of carbonyl (C=O) groups is 2. The molecule has 12 heteroatoms. The van der Waals surface area contributed by atoms with Crippen molar-refractivity contribution in [3.63, 3.8) is 0 Å². The molecule has 12 nitrogen and oxygen atoms in total. The van der Waals surface area contributed by atoms with E-state index in [4.69, 9.17) is 23.7 Å².